The number of carboxylic acids is 1. The van der Waals surface area contributed by atoms with Gasteiger partial charge in [-0.2, -0.15) is 0 Å². The quantitative estimate of drug-likeness (QED) is 0.625. The first-order valence-corrected chi connectivity index (χ1v) is 8.74. The van der Waals surface area contributed by atoms with E-state index in [1.54, 1.807) is 6.20 Å². The summed E-state index contributed by atoms with van der Waals surface area (Å²) in [7, 11) is 0. The number of aromatic nitrogens is 1. The van der Waals surface area contributed by atoms with Crippen LogP contribution in [0.1, 0.15) is 33.8 Å². The molecule has 2 N–H and O–H groups in total. The Hall–Kier alpha value is -3.14. The molecule has 0 saturated carbocycles. The second kappa shape index (κ2) is 8.81. The molecular formula is C22H22N2O2. The Bertz CT molecular complexity index is 835. The normalized spacial score (nSPS) is 11.7. The van der Waals surface area contributed by atoms with Crippen molar-refractivity contribution >= 4 is 11.7 Å². The Balaban J connectivity index is 1.73. The molecule has 0 aliphatic carbocycles. The summed E-state index contributed by atoms with van der Waals surface area (Å²) in [5.74, 6) is -0.672. The van der Waals surface area contributed by atoms with Gasteiger partial charge in [-0.1, -0.05) is 60.7 Å². The molecule has 0 amide bonds. The number of pyridine rings is 1. The number of benzene rings is 2. The molecule has 1 atom stereocenters. The van der Waals surface area contributed by atoms with Crippen LogP contribution >= 0.6 is 0 Å². The summed E-state index contributed by atoms with van der Waals surface area (Å²) in [6.45, 7) is 0.656. The highest BCUT2D eigenvalue weighted by molar-refractivity contribution is 5.93. The van der Waals surface area contributed by atoms with Gasteiger partial charge in [-0.25, -0.2) is 4.79 Å². The summed E-state index contributed by atoms with van der Waals surface area (Å²) in [5.41, 5.74) is 3.35. The van der Waals surface area contributed by atoms with Crippen LogP contribution in [-0.2, 0) is 6.42 Å². The van der Waals surface area contributed by atoms with Crippen molar-refractivity contribution in [2.75, 3.05) is 11.9 Å². The van der Waals surface area contributed by atoms with Crippen LogP contribution in [0.5, 0.6) is 0 Å². The molecule has 0 bridgehead atoms. The molecule has 0 saturated heterocycles. The number of anilines is 1. The third-order valence-electron chi connectivity index (χ3n) is 4.49. The summed E-state index contributed by atoms with van der Waals surface area (Å²) in [5, 5.41) is 12.6. The third-order valence-corrected chi connectivity index (χ3v) is 4.49. The Kier molecular flexibility index (Phi) is 5.99. The van der Waals surface area contributed by atoms with E-state index in [2.05, 4.69) is 46.7 Å². The van der Waals surface area contributed by atoms with E-state index in [9.17, 15) is 9.90 Å². The fourth-order valence-corrected chi connectivity index (χ4v) is 3.05. The topological polar surface area (TPSA) is 62.2 Å². The highest BCUT2D eigenvalue weighted by Crippen LogP contribution is 2.23. The largest absolute Gasteiger partial charge is 0.478 e. The van der Waals surface area contributed by atoms with Gasteiger partial charge in [0.2, 0.25) is 0 Å². The molecule has 1 unspecified atom stereocenters. The van der Waals surface area contributed by atoms with Gasteiger partial charge in [0, 0.05) is 18.7 Å². The van der Waals surface area contributed by atoms with E-state index in [0.717, 1.165) is 12.8 Å². The molecule has 0 aliphatic heterocycles. The lowest BCUT2D eigenvalue weighted by Gasteiger charge is -2.19. The summed E-state index contributed by atoms with van der Waals surface area (Å²) in [4.78, 5) is 15.4. The number of nitrogens with one attached hydrogen (secondary N) is 1. The highest BCUT2D eigenvalue weighted by atomic mass is 16.4. The van der Waals surface area contributed by atoms with Crippen LogP contribution < -0.4 is 5.32 Å². The summed E-state index contributed by atoms with van der Waals surface area (Å²) in [6.07, 6.45) is 5.02. The maximum absolute atomic E-state index is 11.4. The van der Waals surface area contributed by atoms with E-state index < -0.39 is 5.97 Å². The molecule has 1 aromatic heterocycles. The van der Waals surface area contributed by atoms with Crippen LogP contribution in [0.2, 0.25) is 0 Å². The predicted octanol–water partition coefficient (Wildman–Crippen LogP) is 4.61. The first-order valence-electron chi connectivity index (χ1n) is 8.74. The van der Waals surface area contributed by atoms with Crippen LogP contribution in [0.25, 0.3) is 0 Å². The Morgan fingerprint density at radius 1 is 1.00 bits per heavy atom. The molecule has 4 nitrogen and oxygen atoms in total. The average Bonchev–Trinajstić information content (AvgIpc) is 2.69. The second-order valence-electron chi connectivity index (χ2n) is 6.24. The lowest BCUT2D eigenvalue weighted by atomic mass is 9.92. The van der Waals surface area contributed by atoms with Gasteiger partial charge in [0.05, 0.1) is 17.4 Å². The summed E-state index contributed by atoms with van der Waals surface area (Å²) in [6, 6.07) is 22.3. The zero-order chi connectivity index (χ0) is 18.2. The smallest absolute Gasteiger partial charge is 0.337 e. The van der Waals surface area contributed by atoms with Crippen LogP contribution in [0, 0.1) is 0 Å². The van der Waals surface area contributed by atoms with Crippen molar-refractivity contribution in [3.05, 3.63) is 95.8 Å². The van der Waals surface area contributed by atoms with E-state index in [4.69, 9.17) is 0 Å². The van der Waals surface area contributed by atoms with Crippen molar-refractivity contribution in [2.24, 2.45) is 0 Å². The van der Waals surface area contributed by atoms with Gasteiger partial charge in [0.25, 0.3) is 0 Å². The fraction of sp³-hybridized carbons (Fsp3) is 0.182. The number of carboxylic acid groups (broad SMARTS) is 1. The van der Waals surface area contributed by atoms with Crippen molar-refractivity contribution in [2.45, 2.75) is 18.8 Å². The van der Waals surface area contributed by atoms with Crippen LogP contribution in [0.4, 0.5) is 5.69 Å². The zero-order valence-corrected chi connectivity index (χ0v) is 14.5. The minimum absolute atomic E-state index is 0.245. The van der Waals surface area contributed by atoms with Crippen LogP contribution in [-0.4, -0.2) is 22.6 Å². The highest BCUT2D eigenvalue weighted by Gasteiger charge is 2.14. The van der Waals surface area contributed by atoms with E-state index in [1.807, 2.05) is 24.3 Å². The van der Waals surface area contributed by atoms with Gasteiger partial charge >= 0.3 is 5.97 Å². The number of carbonyl (C=O) groups is 1. The maximum Gasteiger partial charge on any atom is 0.337 e. The molecule has 0 fully saturated rings. The van der Waals surface area contributed by atoms with Gasteiger partial charge in [-0.3, -0.25) is 4.98 Å². The molecule has 1 heterocycles. The van der Waals surface area contributed by atoms with Gasteiger partial charge in [0.15, 0.2) is 0 Å². The average molecular weight is 346 g/mol. The molecule has 3 aromatic rings. The van der Waals surface area contributed by atoms with Crippen molar-refractivity contribution in [1.82, 2.24) is 4.98 Å². The number of aryl methyl sites for hydroxylation is 1. The molecule has 3 rings (SSSR count). The minimum atomic E-state index is -0.949. The van der Waals surface area contributed by atoms with Gasteiger partial charge < -0.3 is 10.4 Å². The van der Waals surface area contributed by atoms with Crippen molar-refractivity contribution in [3.63, 3.8) is 0 Å². The van der Waals surface area contributed by atoms with E-state index in [1.165, 1.54) is 23.4 Å². The number of hydrogen-bond donors (Lipinski definition) is 2. The first-order chi connectivity index (χ1) is 12.7. The first kappa shape index (κ1) is 17.7. The lowest BCUT2D eigenvalue weighted by Crippen LogP contribution is -2.16. The lowest BCUT2D eigenvalue weighted by molar-refractivity contribution is 0.0698. The second-order valence-corrected chi connectivity index (χ2v) is 6.24. The number of aromatic carboxylic acids is 1. The Morgan fingerprint density at radius 2 is 1.69 bits per heavy atom. The molecule has 0 radical (unpaired) electrons. The fourth-order valence-electron chi connectivity index (χ4n) is 3.05. The number of rotatable bonds is 8. The molecule has 0 spiro atoms. The Morgan fingerprint density at radius 3 is 2.38 bits per heavy atom. The monoisotopic (exact) mass is 346 g/mol. The molecular weight excluding hydrogens is 324 g/mol. The SMILES string of the molecule is O=C(O)c1ccncc1NCC(CCc1ccccc1)c1ccccc1. The molecule has 26 heavy (non-hydrogen) atoms. The van der Waals surface area contributed by atoms with E-state index >= 15 is 0 Å². The van der Waals surface area contributed by atoms with E-state index in [0.29, 0.717) is 12.2 Å². The molecule has 4 heteroatoms. The van der Waals surface area contributed by atoms with Crippen molar-refractivity contribution in [1.29, 1.82) is 0 Å². The van der Waals surface area contributed by atoms with E-state index in [-0.39, 0.29) is 11.5 Å². The Labute approximate surface area is 153 Å². The number of nitrogens with zero attached hydrogens (tertiary/aromatic N) is 1. The van der Waals surface area contributed by atoms with Gasteiger partial charge in [-0.15, -0.1) is 0 Å². The van der Waals surface area contributed by atoms with Gasteiger partial charge in [0.1, 0.15) is 0 Å². The van der Waals surface area contributed by atoms with Crippen molar-refractivity contribution < 1.29 is 9.90 Å². The summed E-state index contributed by atoms with van der Waals surface area (Å²) >= 11 is 0. The third kappa shape index (κ3) is 4.70. The molecule has 2 aromatic carbocycles. The number of hydrogen-bond acceptors (Lipinski definition) is 3. The predicted molar refractivity (Wildman–Crippen MR) is 104 cm³/mol. The van der Waals surface area contributed by atoms with Crippen molar-refractivity contribution in [3.8, 4) is 0 Å². The molecule has 0 aliphatic rings. The van der Waals surface area contributed by atoms with Crippen LogP contribution in [0.15, 0.2) is 79.1 Å². The van der Waals surface area contributed by atoms with Crippen LogP contribution in [0.3, 0.4) is 0 Å². The standard InChI is InChI=1S/C22H22N2O2/c25-22(26)20-13-14-23-16-21(20)24-15-19(18-9-5-2-6-10-18)12-11-17-7-3-1-4-8-17/h1-10,13-14,16,19,24H,11-12,15H2,(H,25,26). The minimum Gasteiger partial charge on any atom is -0.478 e. The maximum atomic E-state index is 11.4. The zero-order valence-electron chi connectivity index (χ0n) is 14.5. The van der Waals surface area contributed by atoms with Gasteiger partial charge in [-0.05, 0) is 30.0 Å². The molecule has 132 valence electrons. The summed E-state index contributed by atoms with van der Waals surface area (Å²) < 4.78 is 0.